The van der Waals surface area contributed by atoms with Crippen LogP contribution in [0.3, 0.4) is 0 Å². The zero-order valence-corrected chi connectivity index (χ0v) is 13.3. The van der Waals surface area contributed by atoms with Crippen molar-refractivity contribution in [2.75, 3.05) is 11.4 Å². The summed E-state index contributed by atoms with van der Waals surface area (Å²) in [5.41, 5.74) is 4.69. The summed E-state index contributed by atoms with van der Waals surface area (Å²) >= 11 is 0. The van der Waals surface area contributed by atoms with Crippen LogP contribution >= 0.6 is 0 Å². The fourth-order valence-electron chi connectivity index (χ4n) is 3.38. The maximum absolute atomic E-state index is 12.9. The van der Waals surface area contributed by atoms with E-state index >= 15 is 0 Å². The van der Waals surface area contributed by atoms with E-state index in [9.17, 15) is 9.59 Å². The number of nitrogens with zero attached hydrogens (tertiary/aromatic N) is 2. The minimum Gasteiger partial charge on any atom is -0.327 e. The minimum atomic E-state index is -0.893. The third kappa shape index (κ3) is 2.29. The Balaban J connectivity index is 1.94. The van der Waals surface area contributed by atoms with Crippen molar-refractivity contribution in [2.45, 2.75) is 19.5 Å². The van der Waals surface area contributed by atoms with Crippen LogP contribution in [-0.2, 0) is 16.0 Å². The molecule has 0 radical (unpaired) electrons. The second-order valence-electron chi connectivity index (χ2n) is 6.00. The molecule has 0 fully saturated rings. The van der Waals surface area contributed by atoms with Crippen molar-refractivity contribution in [3.63, 3.8) is 0 Å². The van der Waals surface area contributed by atoms with Gasteiger partial charge in [-0.2, -0.15) is 0 Å². The Morgan fingerprint density at radius 3 is 2.71 bits per heavy atom. The highest BCUT2D eigenvalue weighted by atomic mass is 16.2. The maximum atomic E-state index is 12.9. The molecule has 1 unspecified atom stereocenters. The molecular weight excluding hydrogens is 302 g/mol. The van der Waals surface area contributed by atoms with Crippen LogP contribution in [0.15, 0.2) is 53.5 Å². The molecule has 2 aliphatic rings. The van der Waals surface area contributed by atoms with Gasteiger partial charge in [0, 0.05) is 24.6 Å². The number of para-hydroxylation sites is 1. The summed E-state index contributed by atoms with van der Waals surface area (Å²) in [4.78, 5) is 30.8. The second-order valence-corrected chi connectivity index (χ2v) is 6.00. The van der Waals surface area contributed by atoms with Crippen LogP contribution in [0.5, 0.6) is 0 Å². The number of amides is 2. The summed E-state index contributed by atoms with van der Waals surface area (Å²) in [7, 11) is 0. The number of hydrogen-bond donors (Lipinski definition) is 1. The van der Waals surface area contributed by atoms with Crippen LogP contribution in [0.25, 0.3) is 0 Å². The van der Waals surface area contributed by atoms with Crippen LogP contribution in [-0.4, -0.2) is 30.2 Å². The zero-order valence-electron chi connectivity index (χ0n) is 13.3. The predicted molar refractivity (Wildman–Crippen MR) is 92.2 cm³/mol. The van der Waals surface area contributed by atoms with Crippen LogP contribution < -0.4 is 10.2 Å². The molecule has 0 saturated carbocycles. The van der Waals surface area contributed by atoms with Crippen molar-refractivity contribution in [3.05, 3.63) is 65.2 Å². The normalized spacial score (nSPS) is 18.7. The fourth-order valence-corrected chi connectivity index (χ4v) is 3.38. The van der Waals surface area contributed by atoms with E-state index in [0.717, 1.165) is 34.5 Å². The molecule has 5 heteroatoms. The molecule has 2 aliphatic heterocycles. The lowest BCUT2D eigenvalue weighted by molar-refractivity contribution is -0.126. The van der Waals surface area contributed by atoms with Crippen LogP contribution in [0.4, 0.5) is 5.69 Å². The lowest BCUT2D eigenvalue weighted by atomic mass is 9.98. The first-order valence-electron chi connectivity index (χ1n) is 7.99. The molecule has 2 heterocycles. The molecule has 1 atom stereocenters. The lowest BCUT2D eigenvalue weighted by Crippen LogP contribution is -2.46. The van der Waals surface area contributed by atoms with E-state index in [1.807, 2.05) is 48.5 Å². The Labute approximate surface area is 140 Å². The molecule has 0 bridgehead atoms. The van der Waals surface area contributed by atoms with Gasteiger partial charge in [0.1, 0.15) is 0 Å². The Bertz CT molecular complexity index is 858. The first-order chi connectivity index (χ1) is 11.6. The fraction of sp³-hybridized carbons (Fsp3) is 0.211. The molecule has 2 aromatic rings. The topological polar surface area (TPSA) is 61.8 Å². The molecule has 120 valence electrons. The number of carbonyl (C=O) groups excluding carboxylic acids is 2. The average molecular weight is 319 g/mol. The minimum absolute atomic E-state index is 0.178. The van der Waals surface area contributed by atoms with E-state index < -0.39 is 6.17 Å². The maximum Gasteiger partial charge on any atom is 0.272 e. The van der Waals surface area contributed by atoms with Gasteiger partial charge in [-0.1, -0.05) is 48.5 Å². The molecular formula is C19H17N3O2. The summed E-state index contributed by atoms with van der Waals surface area (Å²) in [6.07, 6.45) is -0.0694. The van der Waals surface area contributed by atoms with Crippen molar-refractivity contribution >= 4 is 23.2 Å². The summed E-state index contributed by atoms with van der Waals surface area (Å²) < 4.78 is 0. The van der Waals surface area contributed by atoms with Crippen LogP contribution in [0.2, 0.25) is 0 Å². The van der Waals surface area contributed by atoms with Crippen molar-refractivity contribution < 1.29 is 9.59 Å². The number of carbonyl (C=O) groups is 2. The molecule has 0 saturated heterocycles. The molecule has 2 aromatic carbocycles. The molecule has 24 heavy (non-hydrogen) atoms. The highest BCUT2D eigenvalue weighted by molar-refractivity contribution is 6.21. The molecule has 4 rings (SSSR count). The smallest absolute Gasteiger partial charge is 0.272 e. The number of aliphatic imine (C=N–C) groups is 1. The Hall–Kier alpha value is -2.95. The Kier molecular flexibility index (Phi) is 3.41. The van der Waals surface area contributed by atoms with Gasteiger partial charge in [-0.15, -0.1) is 0 Å². The highest BCUT2D eigenvalue weighted by Gasteiger charge is 2.36. The summed E-state index contributed by atoms with van der Waals surface area (Å²) in [5, 5.41) is 2.68. The molecule has 0 aliphatic carbocycles. The van der Waals surface area contributed by atoms with Crippen molar-refractivity contribution in [3.8, 4) is 0 Å². The van der Waals surface area contributed by atoms with E-state index in [1.165, 1.54) is 6.92 Å². The Morgan fingerprint density at radius 1 is 1.17 bits per heavy atom. The number of hydrogen-bond acceptors (Lipinski definition) is 3. The van der Waals surface area contributed by atoms with E-state index in [4.69, 9.17) is 0 Å². The number of rotatable bonds is 2. The molecule has 2 amide bonds. The molecule has 5 nitrogen and oxygen atoms in total. The molecule has 0 spiro atoms. The van der Waals surface area contributed by atoms with Crippen molar-refractivity contribution in [2.24, 2.45) is 4.99 Å². The number of nitrogens with one attached hydrogen (secondary N) is 1. The van der Waals surface area contributed by atoms with Crippen molar-refractivity contribution in [1.82, 2.24) is 5.32 Å². The third-order valence-corrected chi connectivity index (χ3v) is 4.39. The first kappa shape index (κ1) is 14.6. The summed E-state index contributed by atoms with van der Waals surface area (Å²) in [6, 6.07) is 15.8. The van der Waals surface area contributed by atoms with Gasteiger partial charge in [0.15, 0.2) is 0 Å². The zero-order chi connectivity index (χ0) is 16.7. The first-order valence-corrected chi connectivity index (χ1v) is 7.99. The van der Waals surface area contributed by atoms with Gasteiger partial charge < -0.3 is 10.2 Å². The van der Waals surface area contributed by atoms with Crippen LogP contribution in [0.1, 0.15) is 23.6 Å². The highest BCUT2D eigenvalue weighted by Crippen LogP contribution is 2.36. The van der Waals surface area contributed by atoms with Gasteiger partial charge in [-0.3, -0.25) is 9.59 Å². The summed E-state index contributed by atoms with van der Waals surface area (Å²) in [5.74, 6) is -0.447. The number of anilines is 1. The standard InChI is InChI=1S/C19H17N3O2/c1-12(23)20-18-19(24)22-11-10-14-8-5-9-15(17(14)22)16(21-18)13-6-3-2-4-7-13/h2-9,18H,10-11H2,1H3,(H,20,23). The van der Waals surface area contributed by atoms with E-state index in [-0.39, 0.29) is 11.8 Å². The van der Waals surface area contributed by atoms with Gasteiger partial charge in [-0.05, 0) is 12.0 Å². The monoisotopic (exact) mass is 319 g/mol. The summed E-state index contributed by atoms with van der Waals surface area (Å²) in [6.45, 7) is 2.03. The van der Waals surface area contributed by atoms with E-state index in [0.29, 0.717) is 6.54 Å². The van der Waals surface area contributed by atoms with E-state index in [2.05, 4.69) is 10.3 Å². The predicted octanol–water partition coefficient (Wildman–Crippen LogP) is 1.89. The largest absolute Gasteiger partial charge is 0.327 e. The van der Waals surface area contributed by atoms with Crippen molar-refractivity contribution in [1.29, 1.82) is 0 Å². The van der Waals surface area contributed by atoms with Gasteiger partial charge in [0.05, 0.1) is 11.4 Å². The van der Waals surface area contributed by atoms with E-state index in [1.54, 1.807) is 4.90 Å². The quantitative estimate of drug-likeness (QED) is 0.919. The lowest BCUT2D eigenvalue weighted by Gasteiger charge is -2.20. The van der Waals surface area contributed by atoms with Gasteiger partial charge in [0.25, 0.3) is 5.91 Å². The van der Waals surface area contributed by atoms with Crippen LogP contribution in [0, 0.1) is 0 Å². The molecule has 1 N–H and O–H groups in total. The SMILES string of the molecule is CC(=O)NC1N=C(c2ccccc2)c2cccc3c2N(CC3)C1=O. The Morgan fingerprint density at radius 2 is 1.96 bits per heavy atom. The van der Waals surface area contributed by atoms with Gasteiger partial charge in [0.2, 0.25) is 12.1 Å². The third-order valence-electron chi connectivity index (χ3n) is 4.39. The number of benzene rings is 2. The van der Waals surface area contributed by atoms with Gasteiger partial charge >= 0.3 is 0 Å². The van der Waals surface area contributed by atoms with Gasteiger partial charge in [-0.25, -0.2) is 4.99 Å². The average Bonchev–Trinajstić information content (AvgIpc) is 2.98. The molecule has 0 aromatic heterocycles. The second kappa shape index (κ2) is 5.60.